The molecule has 0 saturated carbocycles. The maximum absolute atomic E-state index is 14.2. The van der Waals surface area contributed by atoms with Crippen LogP contribution in [0.1, 0.15) is 15.9 Å². The second kappa shape index (κ2) is 10.8. The van der Waals surface area contributed by atoms with Crippen LogP contribution in [0.3, 0.4) is 0 Å². The Morgan fingerprint density at radius 3 is 1.63 bits per heavy atom. The number of halogens is 14. The van der Waals surface area contributed by atoms with Crippen molar-refractivity contribution in [3.8, 4) is 5.75 Å². The van der Waals surface area contributed by atoms with Gasteiger partial charge in [-0.2, -0.15) is 57.1 Å². The summed E-state index contributed by atoms with van der Waals surface area (Å²) in [6.07, 6.45) is -14.2. The van der Waals surface area contributed by atoms with Crippen molar-refractivity contribution in [2.45, 2.75) is 48.4 Å². The van der Waals surface area contributed by atoms with Crippen LogP contribution in [0.2, 0.25) is 0 Å². The van der Waals surface area contributed by atoms with E-state index >= 15 is 0 Å². The molecule has 0 aliphatic rings. The Kier molecular flexibility index (Phi) is 8.92. The topological polar surface area (TPSA) is 73.6 Å². The Labute approximate surface area is 220 Å². The molecule has 19 heteroatoms. The SMILES string of the molecule is COCc1ccc(C(=O)Nc2ccc(OC(F)(F)C(F)(F)C(N)(F)C(F)(F)C(F)(F)C(F)(F)C(F)(F)F)cc2)cc1. The van der Waals surface area contributed by atoms with E-state index in [1.54, 1.807) is 0 Å². The number of hydrogen-bond acceptors (Lipinski definition) is 4. The minimum absolute atomic E-state index is 0.0763. The van der Waals surface area contributed by atoms with Gasteiger partial charge in [-0.15, -0.1) is 0 Å². The summed E-state index contributed by atoms with van der Waals surface area (Å²) in [5, 5.41) is 2.23. The van der Waals surface area contributed by atoms with Gasteiger partial charge in [0.15, 0.2) is 0 Å². The molecule has 3 N–H and O–H groups in total. The van der Waals surface area contributed by atoms with Crippen molar-refractivity contribution in [3.05, 3.63) is 59.7 Å². The number of methoxy groups -OCH3 is 1. The van der Waals surface area contributed by atoms with Crippen LogP contribution in [0.5, 0.6) is 5.75 Å². The lowest BCUT2D eigenvalue weighted by Gasteiger charge is -2.43. The van der Waals surface area contributed by atoms with E-state index in [0.717, 1.165) is 0 Å². The molecule has 0 heterocycles. The number of hydrogen-bond donors (Lipinski definition) is 2. The Bertz CT molecular complexity index is 1210. The van der Waals surface area contributed by atoms with Gasteiger partial charge in [0.25, 0.3) is 5.91 Å². The molecule has 5 nitrogen and oxygen atoms in total. The van der Waals surface area contributed by atoms with Crippen LogP contribution < -0.4 is 15.8 Å². The molecule has 2 aromatic carbocycles. The predicted octanol–water partition coefficient (Wildman–Crippen LogP) is 6.78. The highest BCUT2D eigenvalue weighted by atomic mass is 19.4. The highest BCUT2D eigenvalue weighted by Gasteiger charge is 2.92. The Balaban J connectivity index is 2.27. The monoisotopic (exact) mass is 622 g/mol. The Morgan fingerprint density at radius 2 is 1.20 bits per heavy atom. The van der Waals surface area contributed by atoms with Gasteiger partial charge in [0.1, 0.15) is 5.75 Å². The highest BCUT2D eigenvalue weighted by molar-refractivity contribution is 6.04. The third-order valence-electron chi connectivity index (χ3n) is 5.31. The lowest BCUT2D eigenvalue weighted by atomic mass is 9.90. The van der Waals surface area contributed by atoms with Crippen LogP contribution in [0, 0.1) is 0 Å². The van der Waals surface area contributed by atoms with Crippen molar-refractivity contribution in [3.63, 3.8) is 0 Å². The fourth-order valence-electron chi connectivity index (χ4n) is 2.95. The van der Waals surface area contributed by atoms with Crippen LogP contribution in [0.25, 0.3) is 0 Å². The van der Waals surface area contributed by atoms with Gasteiger partial charge in [-0.05, 0) is 42.0 Å². The number of nitrogens with two attached hydrogens (primary N) is 1. The quantitative estimate of drug-likeness (QED) is 0.214. The summed E-state index contributed by atoms with van der Waals surface area (Å²) >= 11 is 0. The van der Waals surface area contributed by atoms with Crippen LogP contribution in [0.4, 0.5) is 67.2 Å². The second-order valence-corrected chi connectivity index (χ2v) is 8.23. The molecule has 2 rings (SSSR count). The van der Waals surface area contributed by atoms with Crippen molar-refractivity contribution < 1.29 is 75.7 Å². The molecule has 41 heavy (non-hydrogen) atoms. The van der Waals surface area contributed by atoms with Gasteiger partial charge < -0.3 is 14.8 Å². The van der Waals surface area contributed by atoms with E-state index in [-0.39, 0.29) is 17.9 Å². The molecular weight excluding hydrogens is 606 g/mol. The van der Waals surface area contributed by atoms with Gasteiger partial charge >= 0.3 is 41.8 Å². The number of ether oxygens (including phenoxy) is 2. The number of nitrogens with one attached hydrogen (secondary N) is 1. The molecule has 0 aromatic heterocycles. The number of alkyl halides is 14. The molecule has 230 valence electrons. The first kappa shape index (κ1) is 33.9. The number of amides is 1. The average Bonchev–Trinajstić information content (AvgIpc) is 2.84. The molecule has 0 bridgehead atoms. The molecule has 0 fully saturated rings. The van der Waals surface area contributed by atoms with Gasteiger partial charge in [-0.1, -0.05) is 12.1 Å². The smallest absolute Gasteiger partial charge is 0.428 e. The summed E-state index contributed by atoms with van der Waals surface area (Å²) in [5.74, 6) is -40.8. The predicted molar refractivity (Wildman–Crippen MR) is 111 cm³/mol. The Morgan fingerprint density at radius 1 is 0.707 bits per heavy atom. The van der Waals surface area contributed by atoms with E-state index in [9.17, 15) is 66.3 Å². The highest BCUT2D eigenvalue weighted by Crippen LogP contribution is 2.60. The van der Waals surface area contributed by atoms with Gasteiger partial charge in [0, 0.05) is 18.4 Å². The molecule has 0 aliphatic heterocycles. The summed E-state index contributed by atoms with van der Waals surface area (Å²) in [6.45, 7) is 0.223. The maximum atomic E-state index is 14.2. The van der Waals surface area contributed by atoms with Gasteiger partial charge in [-0.25, -0.2) is 4.39 Å². The minimum Gasteiger partial charge on any atom is -0.428 e. The lowest BCUT2D eigenvalue weighted by Crippen LogP contribution is -2.78. The molecule has 1 amide bonds. The number of benzene rings is 2. The first-order valence-electron chi connectivity index (χ1n) is 10.5. The van der Waals surface area contributed by atoms with Crippen LogP contribution in [0.15, 0.2) is 48.5 Å². The van der Waals surface area contributed by atoms with E-state index in [1.807, 2.05) is 0 Å². The standard InChI is InChI=1S/C22H16F14N2O3/c1-40-10-11-2-4-12(5-3-11)15(39)38-13-6-8-14(9-7-13)41-22(35,36)19(29,30)20(31,37)17(25,26)16(23,24)18(27,28)21(32,33)34/h2-9H,10,37H2,1H3,(H,38,39). The molecule has 1 unspecified atom stereocenters. The molecule has 0 saturated heterocycles. The van der Waals surface area contributed by atoms with E-state index in [0.29, 0.717) is 29.8 Å². The van der Waals surface area contributed by atoms with E-state index in [1.165, 1.54) is 31.4 Å². The molecule has 0 radical (unpaired) electrons. The zero-order chi connectivity index (χ0) is 31.9. The minimum atomic E-state index is -8.09. The fraction of sp³-hybridized carbons (Fsp3) is 0.409. The largest absolute Gasteiger partial charge is 0.469 e. The third kappa shape index (κ3) is 5.86. The first-order chi connectivity index (χ1) is 18.4. The van der Waals surface area contributed by atoms with Crippen LogP contribution >= 0.6 is 0 Å². The Hall–Kier alpha value is -3.35. The van der Waals surface area contributed by atoms with Gasteiger partial charge in [0.2, 0.25) is 0 Å². The average molecular weight is 622 g/mol. The summed E-state index contributed by atoms with van der Waals surface area (Å²) in [7, 11) is 1.42. The van der Waals surface area contributed by atoms with Crippen LogP contribution in [-0.2, 0) is 11.3 Å². The number of anilines is 1. The van der Waals surface area contributed by atoms with Crippen molar-refractivity contribution >= 4 is 11.6 Å². The van der Waals surface area contributed by atoms with Gasteiger partial charge in [0.05, 0.1) is 6.61 Å². The van der Waals surface area contributed by atoms with Crippen molar-refractivity contribution in [2.75, 3.05) is 12.4 Å². The van der Waals surface area contributed by atoms with Crippen molar-refractivity contribution in [1.82, 2.24) is 0 Å². The van der Waals surface area contributed by atoms with Crippen LogP contribution in [-0.4, -0.2) is 54.8 Å². The second-order valence-electron chi connectivity index (χ2n) is 8.23. The van der Waals surface area contributed by atoms with E-state index in [4.69, 9.17) is 4.74 Å². The van der Waals surface area contributed by atoms with E-state index in [2.05, 4.69) is 15.8 Å². The zero-order valence-electron chi connectivity index (χ0n) is 19.9. The summed E-state index contributed by atoms with van der Waals surface area (Å²) < 4.78 is 196. The zero-order valence-corrected chi connectivity index (χ0v) is 19.9. The molecule has 0 aliphatic carbocycles. The summed E-state index contributed by atoms with van der Waals surface area (Å²) in [5.41, 5.74) is 4.19. The fourth-order valence-corrected chi connectivity index (χ4v) is 2.95. The molecular formula is C22H16F14N2O3. The normalized spacial score (nSPS) is 15.3. The number of carbonyl (C=O) groups is 1. The van der Waals surface area contributed by atoms with Crippen molar-refractivity contribution in [1.29, 1.82) is 0 Å². The van der Waals surface area contributed by atoms with Gasteiger partial charge in [-0.3, -0.25) is 10.5 Å². The molecule has 2 aromatic rings. The molecule has 0 spiro atoms. The summed E-state index contributed by atoms with van der Waals surface area (Å²) in [4.78, 5) is 12.2. The summed E-state index contributed by atoms with van der Waals surface area (Å²) in [6, 6.07) is 7.91. The first-order valence-corrected chi connectivity index (χ1v) is 10.5. The lowest BCUT2D eigenvalue weighted by molar-refractivity contribution is -0.442. The van der Waals surface area contributed by atoms with Crippen molar-refractivity contribution in [2.24, 2.45) is 5.73 Å². The maximum Gasteiger partial charge on any atom is 0.469 e. The number of rotatable bonds is 11. The van der Waals surface area contributed by atoms with E-state index < -0.39 is 53.4 Å². The number of carbonyl (C=O) groups excluding carboxylic acids is 1. The molecule has 1 atom stereocenters. The third-order valence-corrected chi connectivity index (χ3v) is 5.31.